The van der Waals surface area contributed by atoms with Crippen molar-refractivity contribution in [3.05, 3.63) is 29.8 Å². The maximum Gasteiger partial charge on any atom is 0.118 e. The number of hydrogen-bond acceptors (Lipinski definition) is 3. The first-order valence-corrected chi connectivity index (χ1v) is 6.19. The fourth-order valence-electron chi connectivity index (χ4n) is 2.30. The second-order valence-electron chi connectivity index (χ2n) is 4.59. The fourth-order valence-corrected chi connectivity index (χ4v) is 2.30. The van der Waals surface area contributed by atoms with Gasteiger partial charge in [-0.2, -0.15) is 0 Å². The first-order chi connectivity index (χ1) is 8.33. The third-order valence-corrected chi connectivity index (χ3v) is 3.46. The quantitative estimate of drug-likeness (QED) is 0.767. The predicted octanol–water partition coefficient (Wildman–Crippen LogP) is 2.18. The van der Waals surface area contributed by atoms with Gasteiger partial charge in [0.2, 0.25) is 0 Å². The molecule has 0 aliphatic heterocycles. The van der Waals surface area contributed by atoms with Crippen LogP contribution in [0.2, 0.25) is 0 Å². The maximum atomic E-state index is 5.16. The molecule has 0 aromatic heterocycles. The van der Waals surface area contributed by atoms with Gasteiger partial charge >= 0.3 is 0 Å². The van der Waals surface area contributed by atoms with E-state index in [2.05, 4.69) is 17.4 Å². The van der Waals surface area contributed by atoms with E-state index in [-0.39, 0.29) is 0 Å². The zero-order valence-corrected chi connectivity index (χ0v) is 10.6. The molecule has 0 heterocycles. The Morgan fingerprint density at radius 2 is 1.88 bits per heavy atom. The van der Waals surface area contributed by atoms with Crippen molar-refractivity contribution in [3.8, 4) is 5.75 Å². The molecule has 1 aromatic carbocycles. The number of rotatable bonds is 6. The molecule has 0 unspecified atom stereocenters. The van der Waals surface area contributed by atoms with E-state index in [1.165, 1.54) is 18.4 Å². The highest BCUT2D eigenvalue weighted by Gasteiger charge is 2.29. The van der Waals surface area contributed by atoms with Crippen molar-refractivity contribution in [2.24, 2.45) is 0 Å². The van der Waals surface area contributed by atoms with Gasteiger partial charge < -0.3 is 14.8 Å². The lowest BCUT2D eigenvalue weighted by Gasteiger charge is -2.36. The van der Waals surface area contributed by atoms with Gasteiger partial charge in [0, 0.05) is 19.7 Å². The summed E-state index contributed by atoms with van der Waals surface area (Å²) in [5.74, 6) is 1.64. The monoisotopic (exact) mass is 235 g/mol. The molecule has 0 atom stereocenters. The SMILES string of the molecule is COCCNC1CC(c2ccc(OC)cc2)C1. The molecule has 94 valence electrons. The van der Waals surface area contributed by atoms with Gasteiger partial charge in [-0.1, -0.05) is 12.1 Å². The third kappa shape index (κ3) is 3.20. The van der Waals surface area contributed by atoms with Crippen molar-refractivity contribution in [2.45, 2.75) is 24.8 Å². The summed E-state index contributed by atoms with van der Waals surface area (Å²) < 4.78 is 10.2. The molecular formula is C14H21NO2. The van der Waals surface area contributed by atoms with E-state index in [0.29, 0.717) is 12.0 Å². The van der Waals surface area contributed by atoms with Crippen molar-refractivity contribution in [2.75, 3.05) is 27.4 Å². The van der Waals surface area contributed by atoms with Crippen LogP contribution in [0.1, 0.15) is 24.3 Å². The second kappa shape index (κ2) is 6.03. The maximum absolute atomic E-state index is 5.16. The van der Waals surface area contributed by atoms with Crippen molar-refractivity contribution in [3.63, 3.8) is 0 Å². The summed E-state index contributed by atoms with van der Waals surface area (Å²) in [5.41, 5.74) is 1.43. The predicted molar refractivity (Wildman–Crippen MR) is 68.6 cm³/mol. The van der Waals surface area contributed by atoms with Gasteiger partial charge in [-0.25, -0.2) is 0 Å². The van der Waals surface area contributed by atoms with Crippen molar-refractivity contribution >= 4 is 0 Å². The molecule has 0 amide bonds. The fraction of sp³-hybridized carbons (Fsp3) is 0.571. The van der Waals surface area contributed by atoms with Gasteiger partial charge in [-0.3, -0.25) is 0 Å². The molecule has 2 rings (SSSR count). The normalized spacial score (nSPS) is 23.2. The van der Waals surface area contributed by atoms with Gasteiger partial charge in [-0.15, -0.1) is 0 Å². The van der Waals surface area contributed by atoms with Gasteiger partial charge in [0.15, 0.2) is 0 Å². The average molecular weight is 235 g/mol. The Labute approximate surface area is 103 Å². The first-order valence-electron chi connectivity index (χ1n) is 6.19. The number of methoxy groups -OCH3 is 2. The van der Waals surface area contributed by atoms with Crippen LogP contribution < -0.4 is 10.1 Å². The Hall–Kier alpha value is -1.06. The smallest absolute Gasteiger partial charge is 0.118 e. The lowest BCUT2D eigenvalue weighted by Crippen LogP contribution is -2.41. The van der Waals surface area contributed by atoms with Crippen LogP contribution in [-0.4, -0.2) is 33.4 Å². The average Bonchev–Trinajstić information content (AvgIpc) is 2.32. The summed E-state index contributed by atoms with van der Waals surface area (Å²) in [6.07, 6.45) is 2.46. The summed E-state index contributed by atoms with van der Waals surface area (Å²) >= 11 is 0. The molecule has 0 radical (unpaired) electrons. The molecule has 0 saturated heterocycles. The third-order valence-electron chi connectivity index (χ3n) is 3.46. The highest BCUT2D eigenvalue weighted by atomic mass is 16.5. The van der Waals surface area contributed by atoms with E-state index in [9.17, 15) is 0 Å². The number of benzene rings is 1. The molecule has 1 aromatic rings. The highest BCUT2D eigenvalue weighted by molar-refractivity contribution is 5.30. The van der Waals surface area contributed by atoms with Crippen molar-refractivity contribution < 1.29 is 9.47 Å². The topological polar surface area (TPSA) is 30.5 Å². The molecule has 1 saturated carbocycles. The largest absolute Gasteiger partial charge is 0.497 e. The Kier molecular flexibility index (Phi) is 4.40. The Bertz CT molecular complexity index is 331. The van der Waals surface area contributed by atoms with Crippen LogP contribution in [0.15, 0.2) is 24.3 Å². The Morgan fingerprint density at radius 1 is 1.18 bits per heavy atom. The Morgan fingerprint density at radius 3 is 2.47 bits per heavy atom. The highest BCUT2D eigenvalue weighted by Crippen LogP contribution is 2.37. The van der Waals surface area contributed by atoms with Gasteiger partial charge in [-0.05, 0) is 36.5 Å². The van der Waals surface area contributed by atoms with Crippen LogP contribution in [-0.2, 0) is 4.74 Å². The van der Waals surface area contributed by atoms with Gasteiger partial charge in [0.25, 0.3) is 0 Å². The van der Waals surface area contributed by atoms with Crippen LogP contribution in [0, 0.1) is 0 Å². The van der Waals surface area contributed by atoms with Crippen LogP contribution in [0.4, 0.5) is 0 Å². The minimum absolute atomic E-state index is 0.664. The standard InChI is InChI=1S/C14H21NO2/c1-16-8-7-15-13-9-12(10-13)11-3-5-14(17-2)6-4-11/h3-6,12-13,15H,7-10H2,1-2H3. The van der Waals surface area contributed by atoms with Crippen LogP contribution in [0.25, 0.3) is 0 Å². The van der Waals surface area contributed by atoms with E-state index in [0.717, 1.165) is 18.9 Å². The van der Waals surface area contributed by atoms with E-state index in [1.807, 2.05) is 12.1 Å². The lowest BCUT2D eigenvalue weighted by molar-refractivity contribution is 0.184. The molecule has 1 N–H and O–H groups in total. The first kappa shape index (κ1) is 12.4. The molecule has 3 heteroatoms. The summed E-state index contributed by atoms with van der Waals surface area (Å²) in [7, 11) is 3.44. The molecule has 17 heavy (non-hydrogen) atoms. The van der Waals surface area contributed by atoms with Gasteiger partial charge in [0.05, 0.1) is 13.7 Å². The molecule has 3 nitrogen and oxygen atoms in total. The van der Waals surface area contributed by atoms with E-state index in [1.54, 1.807) is 14.2 Å². The van der Waals surface area contributed by atoms with Gasteiger partial charge in [0.1, 0.15) is 5.75 Å². The molecule has 0 spiro atoms. The zero-order chi connectivity index (χ0) is 12.1. The molecular weight excluding hydrogens is 214 g/mol. The summed E-state index contributed by atoms with van der Waals surface area (Å²) in [4.78, 5) is 0. The van der Waals surface area contributed by atoms with E-state index >= 15 is 0 Å². The summed E-state index contributed by atoms with van der Waals surface area (Å²) in [6.45, 7) is 1.75. The molecule has 1 fully saturated rings. The van der Waals surface area contributed by atoms with E-state index < -0.39 is 0 Å². The number of ether oxygens (including phenoxy) is 2. The van der Waals surface area contributed by atoms with E-state index in [4.69, 9.17) is 9.47 Å². The lowest BCUT2D eigenvalue weighted by atomic mass is 9.76. The summed E-state index contributed by atoms with van der Waals surface area (Å²) in [6, 6.07) is 9.10. The van der Waals surface area contributed by atoms with Crippen molar-refractivity contribution in [1.29, 1.82) is 0 Å². The van der Waals surface area contributed by atoms with Crippen molar-refractivity contribution in [1.82, 2.24) is 5.32 Å². The van der Waals surface area contributed by atoms with Crippen LogP contribution in [0.3, 0.4) is 0 Å². The Balaban J connectivity index is 1.74. The molecule has 0 bridgehead atoms. The van der Waals surface area contributed by atoms with Crippen LogP contribution in [0.5, 0.6) is 5.75 Å². The second-order valence-corrected chi connectivity index (χ2v) is 4.59. The summed E-state index contributed by atoms with van der Waals surface area (Å²) in [5, 5.41) is 3.49. The molecule has 1 aliphatic carbocycles. The minimum atomic E-state index is 0.664. The number of hydrogen-bond donors (Lipinski definition) is 1. The molecule has 1 aliphatic rings. The minimum Gasteiger partial charge on any atom is -0.497 e. The zero-order valence-electron chi connectivity index (χ0n) is 10.6. The van der Waals surface area contributed by atoms with Crippen LogP contribution >= 0.6 is 0 Å². The number of nitrogens with one attached hydrogen (secondary N) is 1.